The van der Waals surface area contributed by atoms with Gasteiger partial charge in [0.05, 0.1) is 5.19 Å². The molecule has 0 fully saturated rings. The molecule has 0 spiro atoms. The van der Waals surface area contributed by atoms with Crippen LogP contribution in [0.3, 0.4) is 0 Å². The van der Waals surface area contributed by atoms with Crippen LogP contribution in [0, 0.1) is 0 Å². The number of carbonyl (C=O) groups excluding carboxylic acids is 3. The number of rotatable bonds is 16. The van der Waals surface area contributed by atoms with Crippen LogP contribution in [-0.2, 0) is 27.7 Å². The molecule has 0 saturated heterocycles. The highest BCUT2D eigenvalue weighted by molar-refractivity contribution is 6.79. The van der Waals surface area contributed by atoms with Gasteiger partial charge in [-0.1, -0.05) is 89.6 Å². The zero-order valence-electron chi connectivity index (χ0n) is 19.3. The molecule has 174 valence electrons. The van der Waals surface area contributed by atoms with Crippen molar-refractivity contribution in [3.8, 4) is 0 Å². The highest BCUT2D eigenvalue weighted by Crippen LogP contribution is 2.17. The van der Waals surface area contributed by atoms with Crippen molar-refractivity contribution in [1.29, 1.82) is 0 Å². The first kappa shape index (κ1) is 26.9. The summed E-state index contributed by atoms with van der Waals surface area (Å²) < 4.78 is 17.2. The van der Waals surface area contributed by atoms with Crippen LogP contribution >= 0.6 is 0 Å². The highest BCUT2D eigenvalue weighted by Gasteiger charge is 2.55. The predicted molar refractivity (Wildman–Crippen MR) is 123 cm³/mol. The van der Waals surface area contributed by atoms with Crippen LogP contribution in [0.25, 0.3) is 0 Å². The highest BCUT2D eigenvalue weighted by atomic mass is 28.4. The largest absolute Gasteiger partial charge is 0.742 e. The fraction of sp³-hybridized carbons (Fsp3) is 0.625. The Labute approximate surface area is 188 Å². The summed E-state index contributed by atoms with van der Waals surface area (Å²) in [7, 11) is -4.09. The zero-order chi connectivity index (χ0) is 23.0. The van der Waals surface area contributed by atoms with Crippen molar-refractivity contribution in [3.63, 3.8) is 0 Å². The molecule has 0 unspecified atom stereocenters. The molecule has 1 aromatic carbocycles. The maximum atomic E-state index is 12.6. The first-order valence-corrected chi connectivity index (χ1v) is 13.4. The van der Waals surface area contributed by atoms with E-state index in [1.54, 1.807) is 30.3 Å². The topological polar surface area (TPSA) is 78.9 Å². The quantitative estimate of drug-likeness (QED) is 0.254. The van der Waals surface area contributed by atoms with E-state index in [-0.39, 0.29) is 19.3 Å². The van der Waals surface area contributed by atoms with E-state index in [2.05, 4.69) is 0 Å². The lowest BCUT2D eigenvalue weighted by Crippen LogP contribution is -2.59. The Morgan fingerprint density at radius 3 is 1.29 bits per heavy atom. The van der Waals surface area contributed by atoms with E-state index in [1.165, 1.54) is 0 Å². The smallest absolute Gasteiger partial charge is 0.452 e. The molecule has 0 radical (unpaired) electrons. The van der Waals surface area contributed by atoms with Gasteiger partial charge in [0.25, 0.3) is 17.9 Å². The summed E-state index contributed by atoms with van der Waals surface area (Å²) in [5.41, 5.74) is 0. The van der Waals surface area contributed by atoms with E-state index in [0.29, 0.717) is 24.4 Å². The summed E-state index contributed by atoms with van der Waals surface area (Å²) in [5, 5.41) is 0.437. The van der Waals surface area contributed by atoms with Crippen molar-refractivity contribution < 1.29 is 27.7 Å². The molecular formula is C24H38O6Si. The second-order valence-electron chi connectivity index (χ2n) is 7.72. The molecule has 0 aromatic heterocycles. The SMILES string of the molecule is CCCCCC(=O)O[Si](OC(=O)CCCCC)(OC(=O)CCCCC)c1ccccc1. The average molecular weight is 451 g/mol. The van der Waals surface area contributed by atoms with E-state index in [0.717, 1.165) is 38.5 Å². The van der Waals surface area contributed by atoms with E-state index in [1.807, 2.05) is 20.8 Å². The molecular weight excluding hydrogens is 412 g/mol. The van der Waals surface area contributed by atoms with Crippen LogP contribution in [0.4, 0.5) is 0 Å². The predicted octanol–water partition coefficient (Wildman–Crippen LogP) is 5.20. The monoisotopic (exact) mass is 450 g/mol. The Bertz CT molecular complexity index is 601. The molecule has 0 bridgehead atoms. The lowest BCUT2D eigenvalue weighted by atomic mass is 10.2. The van der Waals surface area contributed by atoms with Crippen molar-refractivity contribution in [3.05, 3.63) is 30.3 Å². The third-order valence-electron chi connectivity index (χ3n) is 4.83. The van der Waals surface area contributed by atoms with Crippen LogP contribution in [0.2, 0.25) is 0 Å². The minimum atomic E-state index is -4.09. The fourth-order valence-corrected chi connectivity index (χ4v) is 5.33. The van der Waals surface area contributed by atoms with Crippen molar-refractivity contribution in [2.24, 2.45) is 0 Å². The van der Waals surface area contributed by atoms with Gasteiger partial charge in [-0.05, 0) is 19.3 Å². The summed E-state index contributed by atoms with van der Waals surface area (Å²) in [4.78, 5) is 37.9. The fourth-order valence-electron chi connectivity index (χ4n) is 3.04. The molecule has 1 aromatic rings. The molecule has 31 heavy (non-hydrogen) atoms. The summed E-state index contributed by atoms with van der Waals surface area (Å²) in [6.45, 7) is 6.14. The molecule has 0 heterocycles. The minimum Gasteiger partial charge on any atom is -0.452 e. The summed E-state index contributed by atoms with van der Waals surface area (Å²) in [5.74, 6) is -1.52. The molecule has 0 N–H and O–H groups in total. The average Bonchev–Trinajstić information content (AvgIpc) is 2.75. The number of hydrogen-bond acceptors (Lipinski definition) is 6. The Balaban J connectivity index is 3.13. The number of carbonyl (C=O) groups is 3. The molecule has 0 atom stereocenters. The third kappa shape index (κ3) is 10.6. The number of benzene rings is 1. The van der Waals surface area contributed by atoms with Crippen LogP contribution in [0.1, 0.15) is 97.8 Å². The molecule has 0 amide bonds. The Kier molecular flexibility index (Phi) is 13.5. The van der Waals surface area contributed by atoms with Crippen LogP contribution in [0.15, 0.2) is 30.3 Å². The third-order valence-corrected chi connectivity index (χ3v) is 7.35. The van der Waals surface area contributed by atoms with Crippen molar-refractivity contribution >= 4 is 31.9 Å². The van der Waals surface area contributed by atoms with Crippen molar-refractivity contribution in [2.45, 2.75) is 97.8 Å². The Hall–Kier alpha value is -2.15. The molecule has 0 aliphatic heterocycles. The van der Waals surface area contributed by atoms with E-state index >= 15 is 0 Å². The van der Waals surface area contributed by atoms with E-state index in [4.69, 9.17) is 13.3 Å². The number of hydrogen-bond donors (Lipinski definition) is 0. The van der Waals surface area contributed by atoms with Crippen LogP contribution < -0.4 is 5.19 Å². The summed E-state index contributed by atoms with van der Waals surface area (Å²) in [6.07, 6.45) is 8.15. The van der Waals surface area contributed by atoms with Gasteiger partial charge >= 0.3 is 8.80 Å². The number of unbranched alkanes of at least 4 members (excludes halogenated alkanes) is 6. The first-order valence-electron chi connectivity index (χ1n) is 11.7. The standard InChI is InChI=1S/C24H38O6Si/c1-4-7-11-18-22(25)28-31(21-16-14-10-15-17-21,29-23(26)19-12-8-5-2)30-24(27)20-13-9-6-3/h10,14-17H,4-9,11-13,18-20H2,1-3H3. The maximum absolute atomic E-state index is 12.6. The molecule has 6 nitrogen and oxygen atoms in total. The van der Waals surface area contributed by atoms with Crippen LogP contribution in [0.5, 0.6) is 0 Å². The van der Waals surface area contributed by atoms with Gasteiger partial charge in [-0.25, -0.2) is 0 Å². The Morgan fingerprint density at radius 1 is 0.613 bits per heavy atom. The van der Waals surface area contributed by atoms with Gasteiger partial charge in [-0.15, -0.1) is 0 Å². The maximum Gasteiger partial charge on any atom is 0.742 e. The lowest BCUT2D eigenvalue weighted by Gasteiger charge is -2.28. The van der Waals surface area contributed by atoms with Gasteiger partial charge in [0, 0.05) is 19.3 Å². The van der Waals surface area contributed by atoms with Crippen molar-refractivity contribution in [1.82, 2.24) is 0 Å². The van der Waals surface area contributed by atoms with Gasteiger partial charge in [-0.3, -0.25) is 14.4 Å². The van der Waals surface area contributed by atoms with Gasteiger partial charge in [0.15, 0.2) is 0 Å². The normalized spacial score (nSPS) is 11.1. The van der Waals surface area contributed by atoms with Gasteiger partial charge in [0.1, 0.15) is 0 Å². The van der Waals surface area contributed by atoms with Crippen molar-refractivity contribution in [2.75, 3.05) is 0 Å². The second kappa shape index (κ2) is 15.6. The Morgan fingerprint density at radius 2 is 0.968 bits per heavy atom. The van der Waals surface area contributed by atoms with Gasteiger partial charge < -0.3 is 13.3 Å². The molecule has 0 saturated carbocycles. The van der Waals surface area contributed by atoms with E-state index < -0.39 is 26.7 Å². The molecule has 7 heteroatoms. The zero-order valence-corrected chi connectivity index (χ0v) is 20.3. The second-order valence-corrected chi connectivity index (χ2v) is 10.0. The van der Waals surface area contributed by atoms with E-state index in [9.17, 15) is 14.4 Å². The summed E-state index contributed by atoms with van der Waals surface area (Å²) >= 11 is 0. The first-order chi connectivity index (χ1) is 15.0. The van der Waals surface area contributed by atoms with Gasteiger partial charge in [-0.2, -0.15) is 0 Å². The molecule has 1 rings (SSSR count). The van der Waals surface area contributed by atoms with Gasteiger partial charge in [0.2, 0.25) is 0 Å². The molecule has 0 aliphatic carbocycles. The summed E-state index contributed by atoms with van der Waals surface area (Å²) in [6, 6.07) is 8.67. The lowest BCUT2D eigenvalue weighted by molar-refractivity contribution is -0.149. The minimum absolute atomic E-state index is 0.191. The van der Waals surface area contributed by atoms with Crippen LogP contribution in [-0.4, -0.2) is 26.7 Å². The molecule has 0 aliphatic rings.